The van der Waals surface area contributed by atoms with Crippen molar-refractivity contribution in [2.45, 2.75) is 19.9 Å². The number of para-hydroxylation sites is 1. The van der Waals surface area contributed by atoms with Crippen molar-refractivity contribution in [3.05, 3.63) is 66.2 Å². The number of rotatable bonds is 7. The summed E-state index contributed by atoms with van der Waals surface area (Å²) >= 11 is 0. The zero-order chi connectivity index (χ0) is 19.8. The molecule has 0 saturated carbocycles. The molecule has 0 fully saturated rings. The van der Waals surface area contributed by atoms with Crippen molar-refractivity contribution in [2.24, 2.45) is 5.92 Å². The lowest BCUT2D eigenvalue weighted by molar-refractivity contribution is -0.150. The van der Waals surface area contributed by atoms with Crippen LogP contribution in [0.1, 0.15) is 24.2 Å². The summed E-state index contributed by atoms with van der Waals surface area (Å²) in [4.78, 5) is 38.4. The van der Waals surface area contributed by atoms with Crippen LogP contribution in [-0.2, 0) is 14.3 Å². The first-order valence-electron chi connectivity index (χ1n) is 8.74. The molecule has 0 aliphatic heterocycles. The topological polar surface area (TPSA) is 75.7 Å². The van der Waals surface area contributed by atoms with Crippen LogP contribution in [0.2, 0.25) is 0 Å². The molecule has 1 atom stereocenters. The molecule has 0 aliphatic rings. The maximum Gasteiger partial charge on any atom is 0.329 e. The van der Waals surface area contributed by atoms with Crippen molar-refractivity contribution in [2.75, 3.05) is 18.6 Å². The number of esters is 1. The third-order valence-corrected chi connectivity index (χ3v) is 4.10. The molecule has 2 amide bonds. The van der Waals surface area contributed by atoms with E-state index in [1.807, 2.05) is 18.2 Å². The van der Waals surface area contributed by atoms with E-state index in [9.17, 15) is 14.4 Å². The monoisotopic (exact) mass is 368 g/mol. The van der Waals surface area contributed by atoms with Crippen molar-refractivity contribution < 1.29 is 19.1 Å². The summed E-state index contributed by atoms with van der Waals surface area (Å²) in [5.41, 5.74) is 1.16. The van der Waals surface area contributed by atoms with Crippen LogP contribution < -0.4 is 10.2 Å². The van der Waals surface area contributed by atoms with Gasteiger partial charge in [-0.1, -0.05) is 50.2 Å². The van der Waals surface area contributed by atoms with Gasteiger partial charge in [0.25, 0.3) is 11.8 Å². The Morgan fingerprint density at radius 1 is 0.963 bits per heavy atom. The van der Waals surface area contributed by atoms with Crippen molar-refractivity contribution in [1.82, 2.24) is 5.32 Å². The van der Waals surface area contributed by atoms with Crippen LogP contribution in [0.25, 0.3) is 0 Å². The Balaban J connectivity index is 1.95. The molecule has 0 radical (unpaired) electrons. The molecular weight excluding hydrogens is 344 g/mol. The lowest BCUT2D eigenvalue weighted by atomic mass is 10.0. The highest BCUT2D eigenvalue weighted by molar-refractivity contribution is 5.98. The highest BCUT2D eigenvalue weighted by Crippen LogP contribution is 2.12. The number of amides is 2. The van der Waals surface area contributed by atoms with Crippen LogP contribution in [0.5, 0.6) is 0 Å². The summed E-state index contributed by atoms with van der Waals surface area (Å²) in [7, 11) is 1.61. The van der Waals surface area contributed by atoms with Crippen LogP contribution >= 0.6 is 0 Å². The van der Waals surface area contributed by atoms with Crippen molar-refractivity contribution in [1.29, 1.82) is 0 Å². The Bertz CT molecular complexity index is 775. The van der Waals surface area contributed by atoms with Crippen molar-refractivity contribution in [3.63, 3.8) is 0 Å². The fraction of sp³-hybridized carbons (Fsp3) is 0.286. The Hall–Kier alpha value is -3.15. The van der Waals surface area contributed by atoms with Gasteiger partial charge in [-0.25, -0.2) is 4.79 Å². The van der Waals surface area contributed by atoms with Crippen molar-refractivity contribution >= 4 is 23.5 Å². The minimum absolute atomic E-state index is 0.188. The third-order valence-electron chi connectivity index (χ3n) is 4.10. The molecule has 0 spiro atoms. The van der Waals surface area contributed by atoms with E-state index in [2.05, 4.69) is 5.32 Å². The van der Waals surface area contributed by atoms with Gasteiger partial charge < -0.3 is 15.0 Å². The van der Waals surface area contributed by atoms with E-state index < -0.39 is 18.6 Å². The van der Waals surface area contributed by atoms with Gasteiger partial charge in [0.05, 0.1) is 0 Å². The normalized spacial score (nSPS) is 11.6. The second kappa shape index (κ2) is 9.52. The van der Waals surface area contributed by atoms with Crippen molar-refractivity contribution in [3.8, 4) is 0 Å². The highest BCUT2D eigenvalue weighted by atomic mass is 16.5. The zero-order valence-electron chi connectivity index (χ0n) is 15.7. The number of nitrogens with zero attached hydrogens (tertiary/aromatic N) is 1. The number of hydrogen-bond acceptors (Lipinski definition) is 4. The van der Waals surface area contributed by atoms with Gasteiger partial charge in [0.2, 0.25) is 0 Å². The summed E-state index contributed by atoms with van der Waals surface area (Å²) in [6.07, 6.45) is 0. The number of anilines is 1. The SMILES string of the molecule is CC(C)[C@H](NC(=O)c1ccccc1)C(=O)OCC(=O)N(C)c1ccccc1. The molecule has 2 rings (SSSR count). The molecule has 0 aromatic heterocycles. The Kier molecular flexibility index (Phi) is 7.11. The first-order chi connectivity index (χ1) is 12.9. The van der Waals surface area contributed by atoms with Gasteiger partial charge in [-0.3, -0.25) is 9.59 Å². The van der Waals surface area contributed by atoms with E-state index in [0.717, 1.165) is 0 Å². The lowest BCUT2D eigenvalue weighted by Gasteiger charge is -2.22. The summed E-state index contributed by atoms with van der Waals surface area (Å²) < 4.78 is 5.16. The first-order valence-corrected chi connectivity index (χ1v) is 8.74. The fourth-order valence-electron chi connectivity index (χ4n) is 2.43. The van der Waals surface area contributed by atoms with Crippen LogP contribution in [0, 0.1) is 5.92 Å². The molecule has 0 bridgehead atoms. The van der Waals surface area contributed by atoms with E-state index in [0.29, 0.717) is 11.3 Å². The first kappa shape index (κ1) is 20.2. The van der Waals surface area contributed by atoms with Crippen LogP contribution in [0.4, 0.5) is 5.69 Å². The van der Waals surface area contributed by atoms with Gasteiger partial charge in [0.15, 0.2) is 6.61 Å². The largest absolute Gasteiger partial charge is 0.454 e. The molecule has 142 valence electrons. The molecule has 0 heterocycles. The van der Waals surface area contributed by atoms with Gasteiger partial charge in [0, 0.05) is 18.3 Å². The van der Waals surface area contributed by atoms with Crippen LogP contribution in [0.15, 0.2) is 60.7 Å². The summed E-state index contributed by atoms with van der Waals surface area (Å²) in [5.74, 6) is -1.54. The molecule has 6 heteroatoms. The number of ether oxygens (including phenoxy) is 1. The number of likely N-dealkylation sites (N-methyl/N-ethyl adjacent to an activating group) is 1. The molecular formula is C21H24N2O4. The molecule has 0 saturated heterocycles. The van der Waals surface area contributed by atoms with Crippen LogP contribution in [-0.4, -0.2) is 37.5 Å². The quantitative estimate of drug-likeness (QED) is 0.763. The van der Waals surface area contributed by atoms with E-state index in [1.165, 1.54) is 4.90 Å². The van der Waals surface area contributed by atoms with Gasteiger partial charge in [0.1, 0.15) is 6.04 Å². The van der Waals surface area contributed by atoms with Crippen LogP contribution in [0.3, 0.4) is 0 Å². The predicted octanol–water partition coefficient (Wildman–Crippen LogP) is 2.65. The Labute approximate surface area is 159 Å². The summed E-state index contributed by atoms with van der Waals surface area (Å²) in [6, 6.07) is 16.8. The number of carbonyl (C=O) groups is 3. The van der Waals surface area contributed by atoms with E-state index in [4.69, 9.17) is 4.74 Å². The molecule has 1 N–H and O–H groups in total. The Morgan fingerprint density at radius 3 is 2.07 bits per heavy atom. The highest BCUT2D eigenvalue weighted by Gasteiger charge is 2.27. The Morgan fingerprint density at radius 2 is 1.52 bits per heavy atom. The number of carbonyl (C=O) groups excluding carboxylic acids is 3. The summed E-state index contributed by atoms with van der Waals surface area (Å²) in [5, 5.41) is 2.68. The minimum atomic E-state index is -0.840. The fourth-order valence-corrected chi connectivity index (χ4v) is 2.43. The van der Waals surface area contributed by atoms with Gasteiger partial charge in [-0.05, 0) is 30.2 Å². The number of hydrogen-bond donors (Lipinski definition) is 1. The maximum atomic E-state index is 12.4. The maximum absolute atomic E-state index is 12.4. The molecule has 6 nitrogen and oxygen atoms in total. The van der Waals surface area contributed by atoms with E-state index >= 15 is 0 Å². The molecule has 27 heavy (non-hydrogen) atoms. The van der Waals surface area contributed by atoms with Gasteiger partial charge >= 0.3 is 5.97 Å². The average molecular weight is 368 g/mol. The molecule has 2 aromatic rings. The predicted molar refractivity (Wildman–Crippen MR) is 103 cm³/mol. The third kappa shape index (κ3) is 5.67. The minimum Gasteiger partial charge on any atom is -0.454 e. The zero-order valence-corrected chi connectivity index (χ0v) is 15.7. The second-order valence-corrected chi connectivity index (χ2v) is 6.46. The summed E-state index contributed by atoms with van der Waals surface area (Å²) in [6.45, 7) is 3.21. The average Bonchev–Trinajstić information content (AvgIpc) is 2.70. The number of nitrogens with one attached hydrogen (secondary N) is 1. The molecule has 0 unspecified atom stereocenters. The number of benzene rings is 2. The molecule has 0 aliphatic carbocycles. The lowest BCUT2D eigenvalue weighted by Crippen LogP contribution is -2.46. The molecule has 2 aromatic carbocycles. The smallest absolute Gasteiger partial charge is 0.329 e. The van der Waals surface area contributed by atoms with E-state index in [1.54, 1.807) is 63.4 Å². The van der Waals surface area contributed by atoms with Gasteiger partial charge in [-0.15, -0.1) is 0 Å². The standard InChI is InChI=1S/C21H24N2O4/c1-15(2)19(22-20(25)16-10-6-4-7-11-16)21(26)27-14-18(24)23(3)17-12-8-5-9-13-17/h4-13,15,19H,14H2,1-3H3,(H,22,25)/t19-/m0/s1. The van der Waals surface area contributed by atoms with E-state index in [-0.39, 0.29) is 17.7 Å². The van der Waals surface area contributed by atoms with Gasteiger partial charge in [-0.2, -0.15) is 0 Å². The second-order valence-electron chi connectivity index (χ2n) is 6.46.